The van der Waals surface area contributed by atoms with E-state index in [4.69, 9.17) is 38.6 Å². The highest BCUT2D eigenvalue weighted by Crippen LogP contribution is 2.49. The number of carbonyl (C=O) groups is 4. The van der Waals surface area contributed by atoms with E-state index in [-0.39, 0.29) is 55.1 Å². The van der Waals surface area contributed by atoms with Crippen molar-refractivity contribution in [3.05, 3.63) is 59.4 Å². The molecule has 59 heavy (non-hydrogen) atoms. The summed E-state index contributed by atoms with van der Waals surface area (Å²) < 4.78 is 34.6. The fourth-order valence-corrected chi connectivity index (χ4v) is 7.48. The highest BCUT2D eigenvalue weighted by molar-refractivity contribution is 7.99. The molecular weight excluding hydrogens is 801 g/mol. The van der Waals surface area contributed by atoms with Gasteiger partial charge in [-0.3, -0.25) is 19.2 Å². The lowest BCUT2D eigenvalue weighted by Crippen LogP contribution is -2.32. The molecule has 0 spiro atoms. The standard InChI is InChI=1S/C43H66N2O12S2/c1-42(2,3)34-27-33(41(43(4,5)6)31-9-8-10-32(12-11-31)55-22-21-54-20-19-53-18-17-52-7)35(56-29-37(46)44-15-25-58-23-13-39(48)49)28-36(34)57-30-38(47)45-16-26-59-24-14-40(50)51/h8-12,27-28,31,41H,13-26,29-30H2,1-7H3,(H,44,46)(H,45,47)(H,48,49)(H,50,51). The van der Waals surface area contributed by atoms with Gasteiger partial charge in [0.1, 0.15) is 23.9 Å². The largest absolute Gasteiger partial charge is 0.491 e. The van der Waals surface area contributed by atoms with Crippen LogP contribution in [0.15, 0.2) is 48.3 Å². The van der Waals surface area contributed by atoms with Crippen LogP contribution >= 0.6 is 23.5 Å². The molecule has 2 amide bonds. The average molecular weight is 867 g/mol. The maximum atomic E-state index is 13.0. The second kappa shape index (κ2) is 27.9. The summed E-state index contributed by atoms with van der Waals surface area (Å²) in [6.45, 7) is 15.7. The molecule has 0 radical (unpaired) electrons. The molecule has 1 aliphatic carbocycles. The SMILES string of the molecule is COCCOCCOCCOC1=CC=CC(C(c2cc(C(C)(C)C)c(OCC(=O)NCCSCCC(=O)O)cc2OCC(=O)NCCSCCC(=O)O)C(C)(C)C)C=C1. The van der Waals surface area contributed by atoms with Crippen LogP contribution in [0.5, 0.6) is 11.5 Å². The van der Waals surface area contributed by atoms with Gasteiger partial charge in [0, 0.05) is 66.7 Å². The first-order valence-electron chi connectivity index (χ1n) is 19.9. The number of carboxylic acid groups (broad SMARTS) is 2. The number of nitrogens with one attached hydrogen (secondary N) is 2. The maximum Gasteiger partial charge on any atom is 0.304 e. The minimum Gasteiger partial charge on any atom is -0.491 e. The van der Waals surface area contributed by atoms with Crippen molar-refractivity contribution in [2.75, 3.05) is 96.1 Å². The lowest BCUT2D eigenvalue weighted by molar-refractivity contribution is -0.137. The van der Waals surface area contributed by atoms with Crippen molar-refractivity contribution >= 4 is 47.3 Å². The van der Waals surface area contributed by atoms with Crippen LogP contribution in [-0.4, -0.2) is 130 Å². The van der Waals surface area contributed by atoms with Crippen LogP contribution in [0.1, 0.15) is 71.4 Å². The molecule has 4 N–H and O–H groups in total. The molecule has 0 bridgehead atoms. The molecule has 0 aliphatic heterocycles. The topological polar surface area (TPSA) is 188 Å². The monoisotopic (exact) mass is 866 g/mol. The number of allylic oxidation sites excluding steroid dienone is 5. The smallest absolute Gasteiger partial charge is 0.304 e. The van der Waals surface area contributed by atoms with Gasteiger partial charge in [0.25, 0.3) is 11.8 Å². The fraction of sp³-hybridized carbons (Fsp3) is 0.628. The van der Waals surface area contributed by atoms with E-state index in [2.05, 4.69) is 70.4 Å². The zero-order valence-electron chi connectivity index (χ0n) is 35.8. The molecular formula is C43H66N2O12S2. The number of carbonyl (C=O) groups excluding carboxylic acids is 2. The van der Waals surface area contributed by atoms with Crippen LogP contribution < -0.4 is 20.1 Å². The van der Waals surface area contributed by atoms with E-state index in [0.717, 1.165) is 11.1 Å². The van der Waals surface area contributed by atoms with E-state index in [9.17, 15) is 19.2 Å². The van der Waals surface area contributed by atoms with Crippen molar-refractivity contribution in [1.82, 2.24) is 10.6 Å². The third-order valence-electron chi connectivity index (χ3n) is 8.72. The number of hydrogen-bond donors (Lipinski definition) is 4. The van der Waals surface area contributed by atoms with Crippen molar-refractivity contribution in [2.45, 2.75) is 65.7 Å². The number of thioether (sulfide) groups is 2. The molecule has 16 heteroatoms. The van der Waals surface area contributed by atoms with E-state index in [0.29, 0.717) is 93.0 Å². The molecule has 2 rings (SSSR count). The third-order valence-corrected chi connectivity index (χ3v) is 10.7. The van der Waals surface area contributed by atoms with Gasteiger partial charge in [-0.2, -0.15) is 23.5 Å². The Labute approximate surface area is 358 Å². The number of aliphatic carboxylic acids is 2. The molecule has 0 fully saturated rings. The number of hydrogen-bond acceptors (Lipinski definition) is 12. The van der Waals surface area contributed by atoms with Crippen LogP contribution in [0.4, 0.5) is 0 Å². The van der Waals surface area contributed by atoms with Crippen molar-refractivity contribution in [3.8, 4) is 11.5 Å². The Morgan fingerprint density at radius 1 is 0.712 bits per heavy atom. The molecule has 1 aromatic rings. The quantitative estimate of drug-likeness (QED) is 0.0676. The second-order valence-electron chi connectivity index (χ2n) is 15.7. The van der Waals surface area contributed by atoms with E-state index in [1.807, 2.05) is 18.2 Å². The summed E-state index contributed by atoms with van der Waals surface area (Å²) >= 11 is 2.90. The van der Waals surface area contributed by atoms with E-state index in [1.165, 1.54) is 23.5 Å². The van der Waals surface area contributed by atoms with Gasteiger partial charge >= 0.3 is 11.9 Å². The zero-order chi connectivity index (χ0) is 43.7. The lowest BCUT2D eigenvalue weighted by atomic mass is 9.68. The summed E-state index contributed by atoms with van der Waals surface area (Å²) in [6, 6.07) is 3.85. The molecule has 2 unspecified atom stereocenters. The van der Waals surface area contributed by atoms with E-state index >= 15 is 0 Å². The number of carboxylic acids is 2. The molecule has 1 aliphatic rings. The van der Waals surface area contributed by atoms with Crippen LogP contribution in [0, 0.1) is 11.3 Å². The normalized spacial score (nSPS) is 14.6. The Hall–Kier alpha value is -3.70. The molecule has 2 atom stereocenters. The summed E-state index contributed by atoms with van der Waals surface area (Å²) in [5.41, 5.74) is 1.02. The van der Waals surface area contributed by atoms with Gasteiger partial charge in [0.05, 0.1) is 45.9 Å². The van der Waals surface area contributed by atoms with Crippen LogP contribution in [0.2, 0.25) is 0 Å². The van der Waals surface area contributed by atoms with Gasteiger partial charge in [0.2, 0.25) is 0 Å². The first kappa shape index (κ1) is 51.4. The summed E-state index contributed by atoms with van der Waals surface area (Å²) in [7, 11) is 1.63. The van der Waals surface area contributed by atoms with E-state index in [1.54, 1.807) is 13.2 Å². The molecule has 0 heterocycles. The van der Waals surface area contributed by atoms with Crippen molar-refractivity contribution < 1.29 is 57.8 Å². The maximum absolute atomic E-state index is 13.0. The first-order chi connectivity index (χ1) is 28.0. The minimum absolute atomic E-state index is 0.0565. The van der Waals surface area contributed by atoms with E-state index < -0.39 is 17.4 Å². The Morgan fingerprint density at radius 2 is 1.25 bits per heavy atom. The van der Waals surface area contributed by atoms with Crippen molar-refractivity contribution in [1.29, 1.82) is 0 Å². The highest BCUT2D eigenvalue weighted by Gasteiger charge is 2.36. The van der Waals surface area contributed by atoms with Gasteiger partial charge in [-0.1, -0.05) is 59.8 Å². The summed E-state index contributed by atoms with van der Waals surface area (Å²) in [6.07, 6.45) is 10.2. The summed E-state index contributed by atoms with van der Waals surface area (Å²) in [5, 5.41) is 23.4. The molecule has 332 valence electrons. The molecule has 0 saturated carbocycles. The average Bonchev–Trinajstić information content (AvgIpc) is 3.39. The van der Waals surface area contributed by atoms with Crippen LogP contribution in [0.3, 0.4) is 0 Å². The van der Waals surface area contributed by atoms with Crippen molar-refractivity contribution in [2.24, 2.45) is 11.3 Å². The minimum atomic E-state index is -0.859. The van der Waals surface area contributed by atoms with Gasteiger partial charge in [-0.05, 0) is 34.6 Å². The Bertz CT molecular complexity index is 1550. The van der Waals surface area contributed by atoms with Gasteiger partial charge in [-0.25, -0.2) is 0 Å². The first-order valence-corrected chi connectivity index (χ1v) is 22.2. The number of amides is 2. The second-order valence-corrected chi connectivity index (χ2v) is 18.2. The Morgan fingerprint density at radius 3 is 1.78 bits per heavy atom. The third kappa shape index (κ3) is 21.9. The Balaban J connectivity index is 2.33. The number of methoxy groups -OCH3 is 1. The molecule has 0 saturated heterocycles. The fourth-order valence-electron chi connectivity index (χ4n) is 5.95. The van der Waals surface area contributed by atoms with Crippen LogP contribution in [-0.2, 0) is 43.5 Å². The zero-order valence-corrected chi connectivity index (χ0v) is 37.4. The summed E-state index contributed by atoms with van der Waals surface area (Å²) in [5.74, 6) is 1.05. The Kier molecular flexibility index (Phi) is 24.4. The lowest BCUT2D eigenvalue weighted by Gasteiger charge is -2.37. The van der Waals surface area contributed by atoms with Gasteiger partial charge in [0.15, 0.2) is 13.2 Å². The molecule has 14 nitrogen and oxygen atoms in total. The summed E-state index contributed by atoms with van der Waals surface area (Å²) in [4.78, 5) is 47.5. The predicted octanol–water partition coefficient (Wildman–Crippen LogP) is 5.84. The molecule has 0 aromatic heterocycles. The molecule has 1 aromatic carbocycles. The number of rotatable bonds is 30. The van der Waals surface area contributed by atoms with Crippen molar-refractivity contribution in [3.63, 3.8) is 0 Å². The number of ether oxygens (including phenoxy) is 6. The number of benzene rings is 1. The highest BCUT2D eigenvalue weighted by atomic mass is 32.2. The van der Waals surface area contributed by atoms with Crippen LogP contribution in [0.25, 0.3) is 0 Å². The predicted molar refractivity (Wildman–Crippen MR) is 233 cm³/mol. The van der Waals surface area contributed by atoms with Gasteiger partial charge in [-0.15, -0.1) is 0 Å². The van der Waals surface area contributed by atoms with Gasteiger partial charge < -0.3 is 49.3 Å².